The molecule has 1 heterocycles. The van der Waals surface area contributed by atoms with Crippen molar-refractivity contribution < 1.29 is 23.9 Å². The first-order valence-corrected chi connectivity index (χ1v) is 8.25. The minimum atomic E-state index is -0.998. The molecule has 0 saturated carbocycles. The Hall–Kier alpha value is -3.55. The normalized spacial score (nSPS) is 13.4. The van der Waals surface area contributed by atoms with E-state index in [0.29, 0.717) is 0 Å². The average molecular weight is 371 g/mol. The Morgan fingerprint density at radius 1 is 1.15 bits per heavy atom. The molecule has 5 N–H and O–H groups in total. The van der Waals surface area contributed by atoms with Gasteiger partial charge in [0.1, 0.15) is 17.8 Å². The molecule has 1 aromatic carbocycles. The van der Waals surface area contributed by atoms with Crippen molar-refractivity contribution in [2.45, 2.75) is 25.4 Å². The molecule has 0 fully saturated rings. The van der Waals surface area contributed by atoms with E-state index in [-0.39, 0.29) is 12.2 Å². The van der Waals surface area contributed by atoms with Gasteiger partial charge in [-0.2, -0.15) is 0 Å². The molecule has 142 valence electrons. The number of carbonyl (C=O) groups excluding carboxylic acids is 3. The number of carbonyl (C=O) groups is 3. The Labute approximate surface area is 156 Å². The minimum Gasteiger partial charge on any atom is -0.503 e. The molecule has 0 unspecified atom stereocenters. The van der Waals surface area contributed by atoms with Crippen molar-refractivity contribution in [2.24, 2.45) is 5.73 Å². The van der Waals surface area contributed by atoms with Gasteiger partial charge in [-0.3, -0.25) is 14.4 Å². The van der Waals surface area contributed by atoms with Gasteiger partial charge in [-0.15, -0.1) is 0 Å². The molecular formula is C19H21N3O5. The number of hydrogen-bond donors (Lipinski definition) is 4. The Balaban J connectivity index is 1.94. The number of benzene rings is 1. The van der Waals surface area contributed by atoms with Gasteiger partial charge in [-0.05, 0) is 24.6 Å². The third-order valence-corrected chi connectivity index (χ3v) is 3.74. The number of nitrogens with two attached hydrogens (primary N) is 1. The molecule has 8 nitrogen and oxygen atoms in total. The zero-order valence-corrected chi connectivity index (χ0v) is 14.7. The maximum atomic E-state index is 12.3. The molecule has 0 radical (unpaired) electrons. The van der Waals surface area contributed by atoms with Gasteiger partial charge in [0.05, 0.1) is 6.26 Å². The molecule has 0 aliphatic heterocycles. The van der Waals surface area contributed by atoms with E-state index in [1.807, 2.05) is 30.3 Å². The number of furan rings is 1. The molecule has 27 heavy (non-hydrogen) atoms. The highest BCUT2D eigenvalue weighted by atomic mass is 16.3. The quantitative estimate of drug-likeness (QED) is 0.404. The van der Waals surface area contributed by atoms with Gasteiger partial charge >= 0.3 is 0 Å². The monoisotopic (exact) mass is 371 g/mol. The Morgan fingerprint density at radius 3 is 2.44 bits per heavy atom. The maximum Gasteiger partial charge on any atom is 0.286 e. The van der Waals surface area contributed by atoms with Crippen molar-refractivity contribution in [3.63, 3.8) is 0 Å². The lowest BCUT2D eigenvalue weighted by Gasteiger charge is -2.19. The highest BCUT2D eigenvalue weighted by Gasteiger charge is 2.23. The van der Waals surface area contributed by atoms with Gasteiger partial charge in [-0.1, -0.05) is 30.3 Å². The lowest BCUT2D eigenvalue weighted by molar-refractivity contribution is -0.130. The SMILES string of the molecule is C[C@H](NC(=O)C(O)=Cc1ccco1)C(=O)N[C@@H](Cc1ccccc1)C(N)=O. The summed E-state index contributed by atoms with van der Waals surface area (Å²) in [6.07, 6.45) is 2.75. The molecule has 2 aromatic rings. The van der Waals surface area contributed by atoms with E-state index in [4.69, 9.17) is 10.2 Å². The number of aliphatic hydroxyl groups is 1. The van der Waals surface area contributed by atoms with Crippen LogP contribution in [0.5, 0.6) is 0 Å². The average Bonchev–Trinajstić information content (AvgIpc) is 3.14. The maximum absolute atomic E-state index is 12.3. The molecular weight excluding hydrogens is 350 g/mol. The van der Waals surface area contributed by atoms with Crippen LogP contribution in [-0.4, -0.2) is 34.9 Å². The lowest BCUT2D eigenvalue weighted by Crippen LogP contribution is -2.52. The van der Waals surface area contributed by atoms with Crippen LogP contribution in [0, 0.1) is 0 Å². The van der Waals surface area contributed by atoms with Gasteiger partial charge in [-0.25, -0.2) is 0 Å². The summed E-state index contributed by atoms with van der Waals surface area (Å²) in [6.45, 7) is 1.42. The zero-order chi connectivity index (χ0) is 19.8. The summed E-state index contributed by atoms with van der Waals surface area (Å²) in [5.41, 5.74) is 6.19. The largest absolute Gasteiger partial charge is 0.503 e. The minimum absolute atomic E-state index is 0.228. The fourth-order valence-electron chi connectivity index (χ4n) is 2.28. The van der Waals surface area contributed by atoms with Gasteiger partial charge in [0.25, 0.3) is 5.91 Å². The summed E-state index contributed by atoms with van der Waals surface area (Å²) in [6, 6.07) is 10.3. The molecule has 8 heteroatoms. The van der Waals surface area contributed by atoms with Gasteiger partial charge < -0.3 is 25.9 Å². The molecule has 0 bridgehead atoms. The zero-order valence-electron chi connectivity index (χ0n) is 14.7. The number of amides is 3. The Bertz CT molecular complexity index is 815. The van der Waals surface area contributed by atoms with Gasteiger partial charge in [0.2, 0.25) is 11.8 Å². The van der Waals surface area contributed by atoms with Crippen LogP contribution in [0.15, 0.2) is 58.9 Å². The molecule has 0 spiro atoms. The highest BCUT2D eigenvalue weighted by Crippen LogP contribution is 2.06. The fraction of sp³-hybridized carbons (Fsp3) is 0.211. The van der Waals surface area contributed by atoms with Gasteiger partial charge in [0, 0.05) is 12.5 Å². The second-order valence-corrected chi connectivity index (χ2v) is 5.89. The first kappa shape index (κ1) is 19.8. The molecule has 2 rings (SSSR count). The van der Waals surface area contributed by atoms with E-state index < -0.39 is 35.6 Å². The molecule has 0 saturated heterocycles. The standard InChI is InChI=1S/C19H21N3O5/c1-12(21-19(26)16(23)11-14-8-5-9-27-14)18(25)22-15(17(20)24)10-13-6-3-2-4-7-13/h2-9,11-12,15,23H,10H2,1H3,(H2,20,24)(H,21,26)(H,22,25)/t12-,15-/m0/s1. The Morgan fingerprint density at radius 2 is 1.85 bits per heavy atom. The van der Waals surface area contributed by atoms with Crippen LogP contribution in [0.3, 0.4) is 0 Å². The van der Waals surface area contributed by atoms with Crippen LogP contribution in [0.4, 0.5) is 0 Å². The van der Waals surface area contributed by atoms with E-state index >= 15 is 0 Å². The van der Waals surface area contributed by atoms with Crippen molar-refractivity contribution >= 4 is 23.8 Å². The van der Waals surface area contributed by atoms with E-state index in [0.717, 1.165) is 11.6 Å². The summed E-state index contributed by atoms with van der Waals surface area (Å²) >= 11 is 0. The van der Waals surface area contributed by atoms with E-state index in [9.17, 15) is 19.5 Å². The summed E-state index contributed by atoms with van der Waals surface area (Å²) in [5, 5.41) is 14.6. The summed E-state index contributed by atoms with van der Waals surface area (Å²) in [7, 11) is 0. The molecule has 2 atom stereocenters. The Kier molecular flexibility index (Phi) is 6.76. The van der Waals surface area contributed by atoms with Crippen molar-refractivity contribution in [2.75, 3.05) is 0 Å². The number of nitrogens with one attached hydrogen (secondary N) is 2. The number of primary amides is 1. The van der Waals surface area contributed by atoms with Crippen LogP contribution >= 0.6 is 0 Å². The molecule has 3 amide bonds. The smallest absolute Gasteiger partial charge is 0.286 e. The highest BCUT2D eigenvalue weighted by molar-refractivity contribution is 5.98. The number of hydrogen-bond acceptors (Lipinski definition) is 5. The van der Waals surface area contributed by atoms with Crippen molar-refractivity contribution in [3.8, 4) is 0 Å². The van der Waals surface area contributed by atoms with E-state index in [1.165, 1.54) is 13.2 Å². The van der Waals surface area contributed by atoms with Crippen molar-refractivity contribution in [1.29, 1.82) is 0 Å². The lowest BCUT2D eigenvalue weighted by atomic mass is 10.1. The first-order valence-electron chi connectivity index (χ1n) is 8.25. The van der Waals surface area contributed by atoms with Crippen molar-refractivity contribution in [1.82, 2.24) is 10.6 Å². The second-order valence-electron chi connectivity index (χ2n) is 5.89. The number of rotatable bonds is 8. The molecule has 0 aliphatic carbocycles. The second kappa shape index (κ2) is 9.23. The molecule has 0 aliphatic rings. The summed E-state index contributed by atoms with van der Waals surface area (Å²) in [4.78, 5) is 35.9. The van der Waals surface area contributed by atoms with E-state index in [2.05, 4.69) is 10.6 Å². The van der Waals surface area contributed by atoms with Crippen molar-refractivity contribution in [3.05, 3.63) is 65.8 Å². The van der Waals surface area contributed by atoms with Gasteiger partial charge in [0.15, 0.2) is 5.76 Å². The van der Waals surface area contributed by atoms with E-state index in [1.54, 1.807) is 12.1 Å². The third kappa shape index (κ3) is 6.03. The first-order chi connectivity index (χ1) is 12.9. The van der Waals surface area contributed by atoms with Crippen LogP contribution in [0.25, 0.3) is 6.08 Å². The van der Waals surface area contributed by atoms with Crippen LogP contribution in [-0.2, 0) is 20.8 Å². The third-order valence-electron chi connectivity index (χ3n) is 3.74. The predicted octanol–water partition coefficient (Wildman–Crippen LogP) is 0.896. The fourth-order valence-corrected chi connectivity index (χ4v) is 2.28. The summed E-state index contributed by atoms with van der Waals surface area (Å²) in [5.74, 6) is -2.47. The molecule has 1 aromatic heterocycles. The van der Waals surface area contributed by atoms with Crippen LogP contribution < -0.4 is 16.4 Å². The summed E-state index contributed by atoms with van der Waals surface area (Å²) < 4.78 is 5.00. The number of aliphatic hydroxyl groups excluding tert-OH is 1. The predicted molar refractivity (Wildman–Crippen MR) is 98.2 cm³/mol. The topological polar surface area (TPSA) is 135 Å². The van der Waals surface area contributed by atoms with Crippen LogP contribution in [0.1, 0.15) is 18.2 Å². The van der Waals surface area contributed by atoms with Crippen LogP contribution in [0.2, 0.25) is 0 Å².